The molecular formula is C21H22O6. The molecule has 0 amide bonds. The Bertz CT molecular complexity index is 913. The minimum atomic E-state index is -0.0391. The van der Waals surface area contributed by atoms with Gasteiger partial charge in [0.25, 0.3) is 0 Å². The van der Waals surface area contributed by atoms with Crippen LogP contribution in [0.4, 0.5) is 0 Å². The predicted octanol–water partition coefficient (Wildman–Crippen LogP) is 3.55. The molecule has 0 N–H and O–H groups in total. The van der Waals surface area contributed by atoms with E-state index in [2.05, 4.69) is 0 Å². The number of hydrogen-bond acceptors (Lipinski definition) is 6. The maximum atomic E-state index is 12.9. The van der Waals surface area contributed by atoms with Gasteiger partial charge in [-0.1, -0.05) is 0 Å². The number of hydrogen-bond donors (Lipinski definition) is 0. The molecule has 1 aliphatic carbocycles. The van der Waals surface area contributed by atoms with E-state index in [1.54, 1.807) is 53.7 Å². The molecule has 1 aliphatic rings. The second-order valence-corrected chi connectivity index (χ2v) is 5.99. The molecule has 0 heterocycles. The SMILES string of the molecule is COc1cc(OC)c(OC)cc1C=C1Cc2cc(OC)c(OC)cc2C1=O. The summed E-state index contributed by atoms with van der Waals surface area (Å²) < 4.78 is 26.8. The van der Waals surface area contributed by atoms with Gasteiger partial charge in [-0.3, -0.25) is 4.79 Å². The van der Waals surface area contributed by atoms with E-state index >= 15 is 0 Å². The summed E-state index contributed by atoms with van der Waals surface area (Å²) in [5, 5.41) is 0. The minimum absolute atomic E-state index is 0.0391. The van der Waals surface area contributed by atoms with Crippen molar-refractivity contribution in [1.29, 1.82) is 0 Å². The van der Waals surface area contributed by atoms with Gasteiger partial charge in [-0.15, -0.1) is 0 Å². The van der Waals surface area contributed by atoms with Crippen molar-refractivity contribution in [1.82, 2.24) is 0 Å². The Labute approximate surface area is 158 Å². The summed E-state index contributed by atoms with van der Waals surface area (Å²) in [6.45, 7) is 0. The van der Waals surface area contributed by atoms with Gasteiger partial charge in [-0.25, -0.2) is 0 Å². The first-order valence-electron chi connectivity index (χ1n) is 8.36. The van der Waals surface area contributed by atoms with Crippen molar-refractivity contribution in [2.24, 2.45) is 0 Å². The zero-order valence-corrected chi connectivity index (χ0v) is 16.0. The highest BCUT2D eigenvalue weighted by Gasteiger charge is 2.27. The molecule has 0 radical (unpaired) electrons. The van der Waals surface area contributed by atoms with Crippen molar-refractivity contribution in [3.8, 4) is 28.7 Å². The summed E-state index contributed by atoms with van der Waals surface area (Å²) in [6.07, 6.45) is 2.33. The van der Waals surface area contributed by atoms with E-state index in [1.807, 2.05) is 12.1 Å². The molecule has 0 spiro atoms. The van der Waals surface area contributed by atoms with E-state index in [4.69, 9.17) is 23.7 Å². The second kappa shape index (κ2) is 7.61. The van der Waals surface area contributed by atoms with Crippen LogP contribution in [-0.2, 0) is 6.42 Å². The third-order valence-corrected chi connectivity index (χ3v) is 4.59. The van der Waals surface area contributed by atoms with E-state index in [1.165, 1.54) is 0 Å². The first-order chi connectivity index (χ1) is 13.1. The molecule has 0 bridgehead atoms. The first kappa shape index (κ1) is 18.6. The number of fused-ring (bicyclic) bond motifs is 1. The highest BCUT2D eigenvalue weighted by atomic mass is 16.5. The van der Waals surface area contributed by atoms with Crippen molar-refractivity contribution < 1.29 is 28.5 Å². The van der Waals surface area contributed by atoms with E-state index in [-0.39, 0.29) is 5.78 Å². The van der Waals surface area contributed by atoms with Crippen LogP contribution in [0.25, 0.3) is 6.08 Å². The van der Waals surface area contributed by atoms with Crippen LogP contribution in [0.3, 0.4) is 0 Å². The summed E-state index contributed by atoms with van der Waals surface area (Å²) in [5.41, 5.74) is 2.93. The van der Waals surface area contributed by atoms with Crippen LogP contribution in [0.15, 0.2) is 29.8 Å². The normalized spacial score (nSPS) is 14.1. The van der Waals surface area contributed by atoms with Crippen LogP contribution in [0.1, 0.15) is 21.5 Å². The Morgan fingerprint density at radius 2 is 1.22 bits per heavy atom. The molecule has 0 saturated heterocycles. The fourth-order valence-corrected chi connectivity index (χ4v) is 3.21. The van der Waals surface area contributed by atoms with Crippen LogP contribution in [0.2, 0.25) is 0 Å². The van der Waals surface area contributed by atoms with Crippen molar-refractivity contribution in [3.63, 3.8) is 0 Å². The number of carbonyl (C=O) groups is 1. The summed E-state index contributed by atoms with van der Waals surface area (Å²) in [6, 6.07) is 7.11. The molecule has 142 valence electrons. The average Bonchev–Trinajstić information content (AvgIpc) is 3.00. The standard InChI is InChI=1S/C21H22O6/c1-23-16-11-20(27-5)18(25-3)9-13(16)7-14-6-12-8-17(24-2)19(26-4)10-15(12)21(14)22/h7-11H,6H2,1-5H3. The highest BCUT2D eigenvalue weighted by molar-refractivity contribution is 6.16. The average molecular weight is 370 g/mol. The number of carbonyl (C=O) groups excluding carboxylic acids is 1. The summed E-state index contributed by atoms with van der Waals surface area (Å²) in [7, 11) is 7.83. The zero-order chi connectivity index (χ0) is 19.6. The lowest BCUT2D eigenvalue weighted by Crippen LogP contribution is -1.99. The number of ether oxygens (including phenoxy) is 5. The van der Waals surface area contributed by atoms with Crippen LogP contribution in [0.5, 0.6) is 28.7 Å². The molecule has 3 rings (SSSR count). The van der Waals surface area contributed by atoms with Crippen LogP contribution >= 0.6 is 0 Å². The number of benzene rings is 2. The number of ketones is 1. The monoisotopic (exact) mass is 370 g/mol. The van der Waals surface area contributed by atoms with Gasteiger partial charge in [-0.2, -0.15) is 0 Å². The summed E-state index contributed by atoms with van der Waals surface area (Å²) in [5.74, 6) is 2.83. The fourth-order valence-electron chi connectivity index (χ4n) is 3.21. The topological polar surface area (TPSA) is 63.2 Å². The van der Waals surface area contributed by atoms with Gasteiger partial charge in [0.2, 0.25) is 0 Å². The van der Waals surface area contributed by atoms with Gasteiger partial charge in [0.05, 0.1) is 35.5 Å². The molecule has 0 aliphatic heterocycles. The Morgan fingerprint density at radius 1 is 0.704 bits per heavy atom. The Kier molecular flexibility index (Phi) is 5.26. The molecular weight excluding hydrogens is 348 g/mol. The van der Waals surface area contributed by atoms with Gasteiger partial charge in [0, 0.05) is 29.2 Å². The van der Waals surface area contributed by atoms with Gasteiger partial charge in [0.1, 0.15) is 5.75 Å². The number of rotatable bonds is 6. The zero-order valence-electron chi connectivity index (χ0n) is 16.0. The lowest BCUT2D eigenvalue weighted by Gasteiger charge is -2.12. The number of Topliss-reactive ketones (excluding diaryl/α,β-unsaturated/α-hetero) is 1. The molecule has 27 heavy (non-hydrogen) atoms. The van der Waals surface area contributed by atoms with Crippen LogP contribution < -0.4 is 23.7 Å². The molecule has 0 saturated carbocycles. The van der Waals surface area contributed by atoms with Gasteiger partial charge >= 0.3 is 0 Å². The van der Waals surface area contributed by atoms with Gasteiger partial charge in [0.15, 0.2) is 28.8 Å². The predicted molar refractivity (Wildman–Crippen MR) is 102 cm³/mol. The second-order valence-electron chi connectivity index (χ2n) is 5.99. The van der Waals surface area contributed by atoms with Crippen molar-refractivity contribution in [3.05, 3.63) is 46.5 Å². The molecule has 0 fully saturated rings. The largest absolute Gasteiger partial charge is 0.496 e. The van der Waals surface area contributed by atoms with E-state index in [0.717, 1.165) is 11.1 Å². The molecule has 0 atom stereocenters. The van der Waals surface area contributed by atoms with Crippen molar-refractivity contribution in [2.45, 2.75) is 6.42 Å². The third kappa shape index (κ3) is 3.30. The minimum Gasteiger partial charge on any atom is -0.496 e. The lowest BCUT2D eigenvalue weighted by atomic mass is 10.1. The molecule has 0 aromatic heterocycles. The summed E-state index contributed by atoms with van der Waals surface area (Å²) >= 11 is 0. The van der Waals surface area contributed by atoms with Crippen molar-refractivity contribution >= 4 is 11.9 Å². The number of allylic oxidation sites excluding steroid dienone is 1. The number of methoxy groups -OCH3 is 5. The van der Waals surface area contributed by atoms with E-state index in [0.29, 0.717) is 46.3 Å². The summed E-state index contributed by atoms with van der Waals surface area (Å²) in [4.78, 5) is 12.9. The van der Waals surface area contributed by atoms with Gasteiger partial charge in [-0.05, 0) is 29.8 Å². The van der Waals surface area contributed by atoms with Crippen LogP contribution in [0, 0.1) is 0 Å². The highest BCUT2D eigenvalue weighted by Crippen LogP contribution is 2.39. The molecule has 0 unspecified atom stereocenters. The fraction of sp³-hybridized carbons (Fsp3) is 0.286. The molecule has 6 heteroatoms. The smallest absolute Gasteiger partial charge is 0.189 e. The van der Waals surface area contributed by atoms with Crippen LogP contribution in [-0.4, -0.2) is 41.3 Å². The molecule has 2 aromatic carbocycles. The quantitative estimate of drug-likeness (QED) is 0.725. The van der Waals surface area contributed by atoms with E-state index in [9.17, 15) is 4.79 Å². The van der Waals surface area contributed by atoms with Crippen molar-refractivity contribution in [2.75, 3.05) is 35.5 Å². The maximum absolute atomic E-state index is 12.9. The Hall–Kier alpha value is -3.15. The Balaban J connectivity index is 2.05. The first-order valence-corrected chi connectivity index (χ1v) is 8.36. The van der Waals surface area contributed by atoms with Gasteiger partial charge < -0.3 is 23.7 Å². The van der Waals surface area contributed by atoms with E-state index < -0.39 is 0 Å². The lowest BCUT2D eigenvalue weighted by molar-refractivity contribution is 0.104. The molecule has 2 aromatic rings. The molecule has 6 nitrogen and oxygen atoms in total. The third-order valence-electron chi connectivity index (χ3n) is 4.59. The Morgan fingerprint density at radius 3 is 1.81 bits per heavy atom. The maximum Gasteiger partial charge on any atom is 0.189 e.